The monoisotopic (exact) mass is 1470 g/mol. The van der Waals surface area contributed by atoms with Crippen molar-refractivity contribution in [3.8, 4) is 0 Å². The van der Waals surface area contributed by atoms with E-state index in [9.17, 15) is 94.2 Å². The van der Waals surface area contributed by atoms with Gasteiger partial charge < -0.3 is 146 Å². The Morgan fingerprint density at radius 2 is 0.745 bits per heavy atom. The van der Waals surface area contributed by atoms with E-state index in [0.29, 0.717) is 38.5 Å². The number of amides is 9. The van der Waals surface area contributed by atoms with Crippen LogP contribution in [0.5, 0.6) is 0 Å². The zero-order valence-corrected chi connectivity index (χ0v) is 58.7. The van der Waals surface area contributed by atoms with Gasteiger partial charge in [0.2, 0.25) is 53.2 Å². The molecule has 19 N–H and O–H groups in total. The average molecular weight is 1470 g/mol. The van der Waals surface area contributed by atoms with E-state index in [0.717, 1.165) is 32.1 Å². The summed E-state index contributed by atoms with van der Waals surface area (Å²) in [7, 11) is 1.56. The highest BCUT2D eigenvalue weighted by molar-refractivity contribution is 5.90. The second-order valence-electron chi connectivity index (χ2n) is 25.4. The molecule has 9 amide bonds. The molecule has 0 aromatic carbocycles. The van der Waals surface area contributed by atoms with Crippen LogP contribution in [0, 0.1) is 0 Å². The molecule has 0 bridgehead atoms. The van der Waals surface area contributed by atoms with E-state index in [2.05, 4.69) is 47.9 Å². The van der Waals surface area contributed by atoms with E-state index in [-0.39, 0.29) is 123 Å². The lowest BCUT2D eigenvalue weighted by Crippen LogP contribution is -2.64. The maximum absolute atomic E-state index is 13.8. The molecule has 102 heavy (non-hydrogen) atoms. The average Bonchev–Trinajstić information content (AvgIpc) is 1.03. The van der Waals surface area contributed by atoms with Gasteiger partial charge in [0.25, 0.3) is 0 Å². The van der Waals surface area contributed by atoms with Gasteiger partial charge in [-0.1, -0.05) is 38.5 Å². The van der Waals surface area contributed by atoms with Gasteiger partial charge in [0.15, 0.2) is 18.9 Å². The largest absolute Gasteiger partial charge is 0.394 e. The lowest BCUT2D eigenvalue weighted by atomic mass is 9.97. The van der Waals surface area contributed by atoms with Crippen LogP contribution < -0.4 is 47.9 Å². The van der Waals surface area contributed by atoms with Gasteiger partial charge in [-0.25, -0.2) is 0 Å². The number of aliphatic hydroxyl groups excluding tert-OH is 10. The molecule has 20 atom stereocenters. The minimum atomic E-state index is -1.54. The quantitative estimate of drug-likeness (QED) is 0.0252. The number of ether oxygens (including phenoxy) is 10. The van der Waals surface area contributed by atoms with Crippen molar-refractivity contribution in [2.45, 2.75) is 246 Å². The zero-order chi connectivity index (χ0) is 75.1. The molecule has 1 saturated carbocycles. The van der Waals surface area contributed by atoms with E-state index in [1.165, 1.54) is 20.8 Å². The van der Waals surface area contributed by atoms with Crippen LogP contribution >= 0.6 is 0 Å². The number of hydrogen-bond acceptors (Lipinski definition) is 29. The molecular weight excluding hydrogens is 1360 g/mol. The molecule has 3 aliphatic heterocycles. The van der Waals surface area contributed by atoms with Gasteiger partial charge in [-0.2, -0.15) is 0 Å². The normalized spacial score (nSPS) is 28.4. The van der Waals surface area contributed by atoms with Gasteiger partial charge in [-0.3, -0.25) is 43.2 Å². The van der Waals surface area contributed by atoms with Crippen molar-refractivity contribution in [1.29, 1.82) is 0 Å². The SMILES string of the molecule is COC1CC(O)CC1NC(=O)CCCCCCCCCCC(=O)NC(CCC(=O)NC(CCC(=O)NCCOCCOC1OC(CO)C(O)C(O)C1NC(C)=O)C(=O)NCCOCCOC1OC(CO)C(O)C(O)C1NC(C)=O)C(=O)NCCOCCOC1OC(CO)C(O)C(O)C1NC(C)=O. The van der Waals surface area contributed by atoms with Crippen molar-refractivity contribution in [2.24, 2.45) is 0 Å². The summed E-state index contributed by atoms with van der Waals surface area (Å²) in [4.78, 5) is 116. The molecule has 20 unspecified atom stereocenters. The smallest absolute Gasteiger partial charge is 0.242 e. The molecule has 38 nitrogen and oxygen atoms in total. The molecule has 4 aliphatic rings. The van der Waals surface area contributed by atoms with Crippen LogP contribution in [0.25, 0.3) is 0 Å². The summed E-state index contributed by atoms with van der Waals surface area (Å²) in [6.45, 7) is 0.452. The topological polar surface area (TPSA) is 556 Å². The number of hydrogen-bond donors (Lipinski definition) is 19. The third-order valence-electron chi connectivity index (χ3n) is 17.3. The number of methoxy groups -OCH3 is 1. The highest BCUT2D eigenvalue weighted by atomic mass is 16.7. The summed E-state index contributed by atoms with van der Waals surface area (Å²) in [6.07, 6.45) is -10.8. The molecular formula is C64H113N9O29. The Morgan fingerprint density at radius 3 is 1.11 bits per heavy atom. The minimum absolute atomic E-state index is 0.0204. The zero-order valence-electron chi connectivity index (χ0n) is 58.7. The lowest BCUT2D eigenvalue weighted by Gasteiger charge is -2.42. The predicted molar refractivity (Wildman–Crippen MR) is 352 cm³/mol. The molecule has 4 rings (SSSR count). The van der Waals surface area contributed by atoms with Crippen molar-refractivity contribution in [1.82, 2.24) is 47.9 Å². The fourth-order valence-corrected chi connectivity index (χ4v) is 11.8. The van der Waals surface area contributed by atoms with Crippen LogP contribution in [-0.4, -0.2) is 333 Å². The van der Waals surface area contributed by atoms with E-state index in [1.54, 1.807) is 7.11 Å². The number of carbonyl (C=O) groups is 9. The summed E-state index contributed by atoms with van der Waals surface area (Å²) in [6, 6.07) is -6.36. The van der Waals surface area contributed by atoms with E-state index >= 15 is 0 Å². The molecule has 38 heteroatoms. The highest BCUT2D eigenvalue weighted by Gasteiger charge is 2.48. The maximum atomic E-state index is 13.8. The molecule has 0 spiro atoms. The molecule has 588 valence electrons. The molecule has 0 aromatic heterocycles. The van der Waals surface area contributed by atoms with Gasteiger partial charge in [0.1, 0.15) is 85.1 Å². The van der Waals surface area contributed by atoms with Crippen LogP contribution in [0.2, 0.25) is 0 Å². The van der Waals surface area contributed by atoms with E-state index < -0.39 is 184 Å². The Balaban J connectivity index is 1.33. The van der Waals surface area contributed by atoms with Crippen molar-refractivity contribution >= 4 is 53.2 Å². The summed E-state index contributed by atoms with van der Waals surface area (Å²) in [5.74, 6) is -4.87. The van der Waals surface area contributed by atoms with Gasteiger partial charge in [-0.15, -0.1) is 0 Å². The highest BCUT2D eigenvalue weighted by Crippen LogP contribution is 2.26. The second-order valence-corrected chi connectivity index (χ2v) is 25.4. The number of nitrogens with one attached hydrogen (secondary N) is 9. The van der Waals surface area contributed by atoms with Crippen molar-refractivity contribution < 1.29 is 142 Å². The van der Waals surface area contributed by atoms with Crippen LogP contribution in [0.15, 0.2) is 0 Å². The standard InChI is InChI=1S/C64H113N9O29/c1-36(77)68-51-57(88)54(85)44(33-74)100-62(51)97-28-25-94-22-19-65-47(81)17-15-40(60(91)66-20-23-95-26-29-98-63-52(69-37(2)78)58(89)55(86)45(34-75)101-63)72-50(84)18-16-41(61(92)67-21-24-96-27-30-99-64-53(70-38(3)79)59(90)56(87)46(35-76)102-64)71-48(82)13-11-9-7-5-6-8-10-12-14-49(83)73-42-31-39(80)32-43(42)93-4/h39-46,51-59,62-64,74-76,80,85-90H,5-35H2,1-4H3,(H,65,81)(H,66,91)(H,67,92)(H,68,77)(H,69,78)(H,70,79)(H,71,82)(H,72,84)(H,73,83). The Hall–Kier alpha value is -5.57. The molecule has 4 fully saturated rings. The maximum Gasteiger partial charge on any atom is 0.242 e. The Morgan fingerprint density at radius 1 is 0.402 bits per heavy atom. The Labute approximate surface area is 592 Å². The number of aliphatic hydroxyl groups is 10. The fourth-order valence-electron chi connectivity index (χ4n) is 11.8. The van der Waals surface area contributed by atoms with Crippen molar-refractivity contribution in [3.05, 3.63) is 0 Å². The molecule has 1 aliphatic carbocycles. The predicted octanol–water partition coefficient (Wildman–Crippen LogP) is -7.65. The third kappa shape index (κ3) is 32.4. The molecule has 0 radical (unpaired) electrons. The van der Waals surface area contributed by atoms with Crippen molar-refractivity contribution in [2.75, 3.05) is 106 Å². The van der Waals surface area contributed by atoms with Gasteiger partial charge in [-0.05, 0) is 32.1 Å². The van der Waals surface area contributed by atoms with Crippen LogP contribution in [0.3, 0.4) is 0 Å². The van der Waals surface area contributed by atoms with E-state index in [1.807, 2.05) is 0 Å². The van der Waals surface area contributed by atoms with E-state index in [4.69, 9.17) is 47.4 Å². The first-order valence-electron chi connectivity index (χ1n) is 35.0. The first-order chi connectivity index (χ1) is 48.8. The summed E-state index contributed by atoms with van der Waals surface area (Å²) in [5.41, 5.74) is 0. The van der Waals surface area contributed by atoms with Crippen LogP contribution in [0.4, 0.5) is 0 Å². The first-order valence-corrected chi connectivity index (χ1v) is 35.0. The van der Waals surface area contributed by atoms with Gasteiger partial charge in [0.05, 0.1) is 97.5 Å². The van der Waals surface area contributed by atoms with Gasteiger partial charge >= 0.3 is 0 Å². The number of carbonyl (C=O) groups excluding carboxylic acids is 9. The lowest BCUT2D eigenvalue weighted by molar-refractivity contribution is -0.272. The van der Waals surface area contributed by atoms with Crippen molar-refractivity contribution in [3.63, 3.8) is 0 Å². The van der Waals surface area contributed by atoms with Crippen LogP contribution in [0.1, 0.15) is 124 Å². The summed E-state index contributed by atoms with van der Waals surface area (Å²) in [5, 5.41) is 125. The van der Waals surface area contributed by atoms with Gasteiger partial charge in [0, 0.05) is 79.6 Å². The molecule has 3 saturated heterocycles. The fraction of sp³-hybridized carbons (Fsp3) is 0.859. The number of unbranched alkanes of at least 4 members (excludes halogenated alkanes) is 7. The first kappa shape index (κ1) is 88.8. The Kier molecular flexibility index (Phi) is 42.9. The molecule has 0 aromatic rings. The number of rotatable bonds is 50. The Bertz CT molecular complexity index is 2500. The van der Waals surface area contributed by atoms with Crippen LogP contribution in [-0.2, 0) is 90.5 Å². The third-order valence-corrected chi connectivity index (χ3v) is 17.3. The minimum Gasteiger partial charge on any atom is -0.394 e. The molecule has 3 heterocycles. The second kappa shape index (κ2) is 49.3. The summed E-state index contributed by atoms with van der Waals surface area (Å²) < 4.78 is 55.8. The summed E-state index contributed by atoms with van der Waals surface area (Å²) >= 11 is 0.